The van der Waals surface area contributed by atoms with Crippen molar-refractivity contribution in [2.45, 2.75) is 32.0 Å². The van der Waals surface area contributed by atoms with E-state index in [1.807, 2.05) is 0 Å². The molecule has 23 heavy (non-hydrogen) atoms. The number of carbonyl (C=O) groups excluding carboxylic acids is 1. The molecule has 0 saturated carbocycles. The molecule has 1 aliphatic rings. The first kappa shape index (κ1) is 17.5. The number of anilines is 1. The van der Waals surface area contributed by atoms with Crippen molar-refractivity contribution in [3.63, 3.8) is 0 Å². The summed E-state index contributed by atoms with van der Waals surface area (Å²) in [5, 5.41) is 0. The van der Waals surface area contributed by atoms with Crippen molar-refractivity contribution in [3.8, 4) is 0 Å². The zero-order valence-electron chi connectivity index (χ0n) is 12.8. The van der Waals surface area contributed by atoms with Gasteiger partial charge in [-0.3, -0.25) is 4.79 Å². The summed E-state index contributed by atoms with van der Waals surface area (Å²) in [4.78, 5) is 12.5. The summed E-state index contributed by atoms with van der Waals surface area (Å²) in [5.74, 6) is -2.12. The van der Waals surface area contributed by atoms with Gasteiger partial charge in [-0.1, -0.05) is 13.8 Å². The summed E-state index contributed by atoms with van der Waals surface area (Å²) in [6.07, 6.45) is -4.50. The van der Waals surface area contributed by atoms with Crippen molar-refractivity contribution in [3.05, 3.63) is 29.1 Å². The zero-order chi connectivity index (χ0) is 17.4. The predicted octanol–water partition coefficient (Wildman–Crippen LogP) is 2.82. The van der Waals surface area contributed by atoms with E-state index in [1.165, 1.54) is 6.07 Å². The fourth-order valence-corrected chi connectivity index (χ4v) is 2.68. The van der Waals surface area contributed by atoms with Gasteiger partial charge in [0.15, 0.2) is 0 Å². The van der Waals surface area contributed by atoms with Crippen LogP contribution in [-0.2, 0) is 4.74 Å². The maximum Gasteiger partial charge on any atom is 0.411 e. The van der Waals surface area contributed by atoms with Gasteiger partial charge in [-0.05, 0) is 23.6 Å². The summed E-state index contributed by atoms with van der Waals surface area (Å²) in [5.41, 5.74) is 5.27. The van der Waals surface area contributed by atoms with Crippen molar-refractivity contribution in [2.75, 3.05) is 24.7 Å². The van der Waals surface area contributed by atoms with E-state index in [0.717, 1.165) is 11.0 Å². The van der Waals surface area contributed by atoms with Gasteiger partial charge in [-0.25, -0.2) is 4.39 Å². The third kappa shape index (κ3) is 3.57. The monoisotopic (exact) mass is 334 g/mol. The van der Waals surface area contributed by atoms with Crippen LogP contribution in [0.15, 0.2) is 12.1 Å². The minimum atomic E-state index is -4.50. The second kappa shape index (κ2) is 6.35. The lowest BCUT2D eigenvalue weighted by molar-refractivity contribution is -0.167. The Bertz CT molecular complexity index is 602. The highest BCUT2D eigenvalue weighted by Gasteiger charge is 2.45. The van der Waals surface area contributed by atoms with Crippen molar-refractivity contribution >= 4 is 11.6 Å². The Balaban J connectivity index is 2.52. The Morgan fingerprint density at radius 1 is 1.39 bits per heavy atom. The number of hydrogen-bond donors (Lipinski definition) is 1. The van der Waals surface area contributed by atoms with E-state index in [-0.39, 0.29) is 30.3 Å². The number of benzene rings is 1. The zero-order valence-corrected chi connectivity index (χ0v) is 12.8. The molecular formula is C15H18F4N2O2. The largest absolute Gasteiger partial charge is 0.411 e. The van der Waals surface area contributed by atoms with Crippen LogP contribution in [0.25, 0.3) is 0 Å². The fraction of sp³-hybridized carbons (Fsp3) is 0.533. The average Bonchev–Trinajstić information content (AvgIpc) is 2.44. The van der Waals surface area contributed by atoms with E-state index >= 15 is 0 Å². The van der Waals surface area contributed by atoms with Crippen LogP contribution in [0, 0.1) is 5.82 Å². The Labute approximate surface area is 131 Å². The molecule has 1 heterocycles. The molecule has 0 radical (unpaired) electrons. The van der Waals surface area contributed by atoms with Gasteiger partial charge in [0.25, 0.3) is 5.91 Å². The Morgan fingerprint density at radius 2 is 2.04 bits per heavy atom. The second-order valence-electron chi connectivity index (χ2n) is 5.74. The van der Waals surface area contributed by atoms with E-state index in [1.54, 1.807) is 13.8 Å². The molecule has 1 aromatic carbocycles. The first-order chi connectivity index (χ1) is 10.6. The van der Waals surface area contributed by atoms with Crippen molar-refractivity contribution in [2.24, 2.45) is 5.73 Å². The molecule has 0 bridgehead atoms. The fourth-order valence-electron chi connectivity index (χ4n) is 2.68. The number of morpholine rings is 1. The molecular weight excluding hydrogens is 316 g/mol. The molecule has 1 unspecified atom stereocenters. The highest BCUT2D eigenvalue weighted by molar-refractivity contribution is 5.95. The lowest BCUT2D eigenvalue weighted by Gasteiger charge is -2.38. The van der Waals surface area contributed by atoms with Crippen LogP contribution in [0.3, 0.4) is 0 Å². The standard InChI is InChI=1S/C15H18F4N2O2/c1-8(2)10-5-9(6-11(16)13(10)14(20)22)21-3-4-23-7-12(21)15(17,18)19/h5-6,8,12H,3-4,7H2,1-2H3,(H2,20,22). The second-order valence-corrected chi connectivity index (χ2v) is 5.74. The van der Waals surface area contributed by atoms with E-state index in [2.05, 4.69) is 0 Å². The van der Waals surface area contributed by atoms with E-state index in [4.69, 9.17) is 10.5 Å². The number of carbonyl (C=O) groups is 1. The van der Waals surface area contributed by atoms with Gasteiger partial charge < -0.3 is 15.4 Å². The number of amides is 1. The van der Waals surface area contributed by atoms with Gasteiger partial charge in [-0.2, -0.15) is 13.2 Å². The third-order valence-electron chi connectivity index (χ3n) is 3.81. The lowest BCUT2D eigenvalue weighted by Crippen LogP contribution is -2.53. The van der Waals surface area contributed by atoms with Gasteiger partial charge in [0.2, 0.25) is 0 Å². The van der Waals surface area contributed by atoms with E-state index in [0.29, 0.717) is 5.56 Å². The Morgan fingerprint density at radius 3 is 2.57 bits per heavy atom. The van der Waals surface area contributed by atoms with E-state index in [9.17, 15) is 22.4 Å². The smallest absolute Gasteiger partial charge is 0.377 e. The van der Waals surface area contributed by atoms with Crippen molar-refractivity contribution in [1.29, 1.82) is 0 Å². The molecule has 1 amide bonds. The maximum atomic E-state index is 14.3. The topological polar surface area (TPSA) is 55.6 Å². The minimum absolute atomic E-state index is 0.0168. The molecule has 1 aromatic rings. The predicted molar refractivity (Wildman–Crippen MR) is 77.0 cm³/mol. The van der Waals surface area contributed by atoms with Crippen LogP contribution in [-0.4, -0.2) is 37.9 Å². The molecule has 0 spiro atoms. The van der Waals surface area contributed by atoms with Gasteiger partial charge in [0.1, 0.15) is 11.9 Å². The van der Waals surface area contributed by atoms with Crippen LogP contribution in [0.1, 0.15) is 35.7 Å². The first-order valence-corrected chi connectivity index (χ1v) is 7.17. The molecule has 1 fully saturated rings. The van der Waals surface area contributed by atoms with Gasteiger partial charge in [-0.15, -0.1) is 0 Å². The molecule has 1 saturated heterocycles. The Hall–Kier alpha value is -1.83. The quantitative estimate of drug-likeness (QED) is 0.865. The minimum Gasteiger partial charge on any atom is -0.377 e. The van der Waals surface area contributed by atoms with Gasteiger partial charge in [0, 0.05) is 12.2 Å². The van der Waals surface area contributed by atoms with Crippen LogP contribution in [0.4, 0.5) is 23.2 Å². The van der Waals surface area contributed by atoms with Crippen LogP contribution in [0.5, 0.6) is 0 Å². The van der Waals surface area contributed by atoms with Crippen LogP contribution >= 0.6 is 0 Å². The summed E-state index contributed by atoms with van der Waals surface area (Å²) >= 11 is 0. The third-order valence-corrected chi connectivity index (χ3v) is 3.81. The highest BCUT2D eigenvalue weighted by Crippen LogP contribution is 2.34. The average molecular weight is 334 g/mol. The summed E-state index contributed by atoms with van der Waals surface area (Å²) in [6.45, 7) is 3.01. The number of ether oxygens (including phenoxy) is 1. The number of nitrogens with two attached hydrogens (primary N) is 1. The molecule has 2 N–H and O–H groups in total. The van der Waals surface area contributed by atoms with Crippen LogP contribution < -0.4 is 10.6 Å². The molecule has 128 valence electrons. The summed E-state index contributed by atoms with van der Waals surface area (Å²) in [7, 11) is 0. The molecule has 2 rings (SSSR count). The maximum absolute atomic E-state index is 14.3. The molecule has 4 nitrogen and oxygen atoms in total. The molecule has 1 aliphatic heterocycles. The van der Waals surface area contributed by atoms with Gasteiger partial charge in [0.05, 0.1) is 18.8 Å². The number of halogens is 4. The summed E-state index contributed by atoms with van der Waals surface area (Å²) < 4.78 is 58.6. The highest BCUT2D eigenvalue weighted by atomic mass is 19.4. The molecule has 8 heteroatoms. The van der Waals surface area contributed by atoms with Crippen LogP contribution in [0.2, 0.25) is 0 Å². The SMILES string of the molecule is CC(C)c1cc(N2CCOCC2C(F)(F)F)cc(F)c1C(N)=O. The van der Waals surface area contributed by atoms with Crippen molar-refractivity contribution in [1.82, 2.24) is 0 Å². The molecule has 1 atom stereocenters. The summed E-state index contributed by atoms with van der Waals surface area (Å²) in [6, 6.07) is 0.476. The van der Waals surface area contributed by atoms with Crippen molar-refractivity contribution < 1.29 is 27.1 Å². The number of primary amides is 1. The number of nitrogens with zero attached hydrogens (tertiary/aromatic N) is 1. The lowest BCUT2D eigenvalue weighted by atomic mass is 9.95. The van der Waals surface area contributed by atoms with Gasteiger partial charge >= 0.3 is 6.18 Å². The Kier molecular flexibility index (Phi) is 4.84. The number of hydrogen-bond acceptors (Lipinski definition) is 3. The first-order valence-electron chi connectivity index (χ1n) is 7.17. The number of alkyl halides is 3. The van der Waals surface area contributed by atoms with E-state index < -0.39 is 30.5 Å². The molecule has 0 aromatic heterocycles. The normalized spacial score (nSPS) is 19.3. The molecule has 0 aliphatic carbocycles. The number of rotatable bonds is 3.